The van der Waals surface area contributed by atoms with Gasteiger partial charge in [-0.3, -0.25) is 9.59 Å². The Labute approximate surface area is 169 Å². The number of benzene rings is 2. The molecule has 0 saturated heterocycles. The van der Waals surface area contributed by atoms with E-state index in [0.29, 0.717) is 12.8 Å². The molecule has 0 fully saturated rings. The van der Waals surface area contributed by atoms with Crippen LogP contribution >= 0.6 is 0 Å². The van der Waals surface area contributed by atoms with Crippen molar-refractivity contribution in [2.45, 2.75) is 31.7 Å². The number of carboxylic acids is 1. The van der Waals surface area contributed by atoms with Crippen molar-refractivity contribution in [2.75, 3.05) is 13.2 Å². The Morgan fingerprint density at radius 2 is 1.62 bits per heavy atom. The highest BCUT2D eigenvalue weighted by Crippen LogP contribution is 2.44. The summed E-state index contributed by atoms with van der Waals surface area (Å²) in [4.78, 5) is 35.1. The third kappa shape index (κ3) is 4.74. The van der Waals surface area contributed by atoms with Gasteiger partial charge in [-0.25, -0.2) is 4.79 Å². The number of carbonyl (C=O) groups excluding carboxylic acids is 2. The van der Waals surface area contributed by atoms with Crippen LogP contribution in [-0.4, -0.2) is 42.3 Å². The van der Waals surface area contributed by atoms with Crippen molar-refractivity contribution in [1.29, 1.82) is 0 Å². The van der Waals surface area contributed by atoms with Gasteiger partial charge in [0.2, 0.25) is 5.91 Å². The lowest BCUT2D eigenvalue weighted by molar-refractivity contribution is -0.138. The standard InChI is InChI=1S/C22H24N2O5/c1-2-7-19(21(27)23-12-20(25)26)24-22(28)29-13-18-16-10-5-3-8-14(16)15-9-4-6-11-17(15)18/h3-6,8-11,18-19H,2,7,12-13H2,1H3,(H,23,27)(H,24,28)(H,25,26). The second-order valence-corrected chi connectivity index (χ2v) is 6.92. The van der Waals surface area contributed by atoms with Gasteiger partial charge in [-0.15, -0.1) is 0 Å². The minimum atomic E-state index is -1.14. The molecule has 3 N–H and O–H groups in total. The average Bonchev–Trinajstić information content (AvgIpc) is 3.04. The van der Waals surface area contributed by atoms with Crippen LogP contribution in [0.5, 0.6) is 0 Å². The number of carboxylic acid groups (broad SMARTS) is 1. The van der Waals surface area contributed by atoms with Gasteiger partial charge in [0.05, 0.1) is 0 Å². The van der Waals surface area contributed by atoms with Crippen molar-refractivity contribution in [3.05, 3.63) is 59.7 Å². The summed E-state index contributed by atoms with van der Waals surface area (Å²) in [7, 11) is 0. The molecule has 2 aromatic carbocycles. The van der Waals surface area contributed by atoms with Gasteiger partial charge in [-0.05, 0) is 28.7 Å². The first kappa shape index (κ1) is 20.4. The molecular weight excluding hydrogens is 372 g/mol. The van der Waals surface area contributed by atoms with Gasteiger partial charge in [-0.1, -0.05) is 61.9 Å². The minimum Gasteiger partial charge on any atom is -0.480 e. The molecule has 3 rings (SSSR count). The second-order valence-electron chi connectivity index (χ2n) is 6.92. The second kappa shape index (κ2) is 9.23. The van der Waals surface area contributed by atoms with Crippen LogP contribution in [0.3, 0.4) is 0 Å². The fraction of sp³-hybridized carbons (Fsp3) is 0.318. The normalized spacial score (nSPS) is 13.1. The molecule has 1 aliphatic rings. The number of hydrogen-bond donors (Lipinski definition) is 3. The zero-order valence-electron chi connectivity index (χ0n) is 16.2. The first-order valence-corrected chi connectivity index (χ1v) is 9.62. The molecule has 2 aromatic rings. The molecule has 152 valence electrons. The number of hydrogen-bond acceptors (Lipinski definition) is 4. The molecule has 7 heteroatoms. The molecule has 0 spiro atoms. The zero-order chi connectivity index (χ0) is 20.8. The molecule has 0 aliphatic heterocycles. The van der Waals surface area contributed by atoms with Gasteiger partial charge in [0.1, 0.15) is 19.2 Å². The van der Waals surface area contributed by atoms with Crippen molar-refractivity contribution in [2.24, 2.45) is 0 Å². The number of aliphatic carboxylic acids is 1. The van der Waals surface area contributed by atoms with Gasteiger partial charge < -0.3 is 20.5 Å². The van der Waals surface area contributed by atoms with Gasteiger partial charge in [-0.2, -0.15) is 0 Å². The molecule has 1 unspecified atom stereocenters. The quantitative estimate of drug-likeness (QED) is 0.636. The van der Waals surface area contributed by atoms with Crippen LogP contribution in [0.1, 0.15) is 36.8 Å². The Morgan fingerprint density at radius 3 is 2.17 bits per heavy atom. The average molecular weight is 396 g/mol. The van der Waals surface area contributed by atoms with Crippen LogP contribution < -0.4 is 10.6 Å². The Kier molecular flexibility index (Phi) is 6.49. The van der Waals surface area contributed by atoms with E-state index < -0.39 is 30.6 Å². The maximum Gasteiger partial charge on any atom is 0.407 e. The summed E-state index contributed by atoms with van der Waals surface area (Å²) in [6, 6.07) is 15.2. The summed E-state index contributed by atoms with van der Waals surface area (Å²) in [5.41, 5.74) is 4.47. The van der Waals surface area contributed by atoms with Crippen molar-refractivity contribution >= 4 is 18.0 Å². The SMILES string of the molecule is CCCC(NC(=O)OCC1c2ccccc2-c2ccccc21)C(=O)NCC(=O)O. The minimum absolute atomic E-state index is 0.0707. The van der Waals surface area contributed by atoms with Crippen molar-refractivity contribution in [1.82, 2.24) is 10.6 Å². The van der Waals surface area contributed by atoms with Gasteiger partial charge >= 0.3 is 12.1 Å². The van der Waals surface area contributed by atoms with Crippen molar-refractivity contribution in [3.8, 4) is 11.1 Å². The van der Waals surface area contributed by atoms with E-state index in [9.17, 15) is 14.4 Å². The van der Waals surface area contributed by atoms with Gasteiger partial charge in [0.15, 0.2) is 0 Å². The Morgan fingerprint density at radius 1 is 1.03 bits per heavy atom. The zero-order valence-corrected chi connectivity index (χ0v) is 16.2. The highest BCUT2D eigenvalue weighted by molar-refractivity contribution is 5.88. The molecule has 1 atom stereocenters. The lowest BCUT2D eigenvalue weighted by atomic mass is 9.98. The first-order valence-electron chi connectivity index (χ1n) is 9.62. The predicted molar refractivity (Wildman–Crippen MR) is 108 cm³/mol. The van der Waals surface area contributed by atoms with E-state index in [1.54, 1.807) is 0 Å². The molecule has 0 bridgehead atoms. The molecule has 29 heavy (non-hydrogen) atoms. The van der Waals surface area contributed by atoms with Gasteiger partial charge in [0, 0.05) is 5.92 Å². The van der Waals surface area contributed by atoms with E-state index in [1.807, 2.05) is 43.3 Å². The Bertz CT molecular complexity index is 866. The lowest BCUT2D eigenvalue weighted by Gasteiger charge is -2.19. The van der Waals surface area contributed by atoms with Crippen LogP contribution in [0.2, 0.25) is 0 Å². The monoisotopic (exact) mass is 396 g/mol. The summed E-state index contributed by atoms with van der Waals surface area (Å²) in [5.74, 6) is -1.75. The van der Waals surface area contributed by atoms with Crippen LogP contribution in [-0.2, 0) is 14.3 Å². The van der Waals surface area contributed by atoms with Crippen molar-refractivity contribution in [3.63, 3.8) is 0 Å². The maximum atomic E-state index is 12.3. The van der Waals surface area contributed by atoms with E-state index in [-0.39, 0.29) is 12.5 Å². The fourth-order valence-corrected chi connectivity index (χ4v) is 3.63. The fourth-order valence-electron chi connectivity index (χ4n) is 3.63. The van der Waals surface area contributed by atoms with Crippen LogP contribution in [0.15, 0.2) is 48.5 Å². The Hall–Kier alpha value is -3.35. The first-order chi connectivity index (χ1) is 14.0. The largest absolute Gasteiger partial charge is 0.480 e. The summed E-state index contributed by atoms with van der Waals surface area (Å²) in [5, 5.41) is 13.5. The maximum absolute atomic E-state index is 12.3. The molecule has 0 heterocycles. The number of nitrogens with one attached hydrogen (secondary N) is 2. The summed E-state index contributed by atoms with van der Waals surface area (Å²) < 4.78 is 5.45. The number of alkyl carbamates (subject to hydrolysis) is 1. The number of ether oxygens (including phenoxy) is 1. The van der Waals surface area contributed by atoms with Crippen LogP contribution in [0, 0.1) is 0 Å². The number of amides is 2. The summed E-state index contributed by atoms with van der Waals surface area (Å²) >= 11 is 0. The predicted octanol–water partition coefficient (Wildman–Crippen LogP) is 2.89. The molecule has 0 radical (unpaired) electrons. The number of rotatable bonds is 8. The lowest BCUT2D eigenvalue weighted by Crippen LogP contribution is -2.48. The highest BCUT2D eigenvalue weighted by Gasteiger charge is 2.29. The van der Waals surface area contributed by atoms with Crippen LogP contribution in [0.4, 0.5) is 4.79 Å². The van der Waals surface area contributed by atoms with E-state index in [4.69, 9.17) is 9.84 Å². The topological polar surface area (TPSA) is 105 Å². The van der Waals surface area contributed by atoms with E-state index >= 15 is 0 Å². The third-order valence-corrected chi connectivity index (χ3v) is 4.94. The molecule has 7 nitrogen and oxygen atoms in total. The van der Waals surface area contributed by atoms with Crippen LogP contribution in [0.25, 0.3) is 11.1 Å². The molecular formula is C22H24N2O5. The Balaban J connectivity index is 1.64. The number of carbonyl (C=O) groups is 3. The highest BCUT2D eigenvalue weighted by atomic mass is 16.5. The molecule has 0 saturated carbocycles. The summed E-state index contributed by atoms with van der Waals surface area (Å²) in [6.45, 7) is 1.53. The third-order valence-electron chi connectivity index (χ3n) is 4.94. The van der Waals surface area contributed by atoms with E-state index in [1.165, 1.54) is 0 Å². The number of fused-ring (bicyclic) bond motifs is 3. The molecule has 0 aromatic heterocycles. The smallest absolute Gasteiger partial charge is 0.407 e. The molecule has 2 amide bonds. The summed E-state index contributed by atoms with van der Waals surface area (Å²) in [6.07, 6.45) is 0.334. The van der Waals surface area contributed by atoms with E-state index in [0.717, 1.165) is 22.3 Å². The molecule has 1 aliphatic carbocycles. The van der Waals surface area contributed by atoms with Crippen molar-refractivity contribution < 1.29 is 24.2 Å². The van der Waals surface area contributed by atoms with Gasteiger partial charge in [0.25, 0.3) is 0 Å². The van der Waals surface area contributed by atoms with E-state index in [2.05, 4.69) is 22.8 Å².